The molecule has 8 heterocycles. The molecule has 0 bridgehead atoms. The number of alkyl halides is 3. The number of methoxy groups -OCH3 is 8. The van der Waals surface area contributed by atoms with Crippen LogP contribution < -0.4 is 0 Å². The lowest BCUT2D eigenvalue weighted by atomic mass is 9.84. The van der Waals surface area contributed by atoms with Crippen molar-refractivity contribution in [2.45, 2.75) is 129 Å². The molecule has 1 saturated carbocycles. The Labute approximate surface area is 479 Å². The van der Waals surface area contributed by atoms with E-state index >= 15 is 0 Å². The molecule has 0 spiro atoms. The fourth-order valence-corrected chi connectivity index (χ4v) is 6.19. The molecule has 8 aliphatic heterocycles. The minimum atomic E-state index is -4.69. The highest BCUT2D eigenvalue weighted by Gasteiger charge is 2.44. The van der Waals surface area contributed by atoms with Gasteiger partial charge >= 0.3 is 24.1 Å². The second-order valence-electron chi connectivity index (χ2n) is 21.0. The lowest BCUT2D eigenvalue weighted by molar-refractivity contribution is -0.148. The van der Waals surface area contributed by atoms with Crippen molar-refractivity contribution in [3.05, 3.63) is 49.1 Å². The Balaban J connectivity index is 0. The van der Waals surface area contributed by atoms with Gasteiger partial charge in [0.15, 0.2) is 0 Å². The highest BCUT2D eigenvalue weighted by molar-refractivity contribution is 6.12. The number of ether oxygens (including phenoxy) is 15. The molecule has 7 atom stereocenters. The second kappa shape index (κ2) is 40.9. The molecular formula is C57H98F3NO20. The molecule has 472 valence electrons. The Morgan fingerprint density at radius 2 is 1.20 bits per heavy atom. The van der Waals surface area contributed by atoms with Crippen molar-refractivity contribution >= 4 is 29.7 Å². The second-order valence-corrected chi connectivity index (χ2v) is 21.0. The average molecular weight is 1170 g/mol. The lowest BCUT2D eigenvalue weighted by Gasteiger charge is -2.39. The van der Waals surface area contributed by atoms with Crippen LogP contribution in [0.2, 0.25) is 0 Å². The fourth-order valence-electron chi connectivity index (χ4n) is 6.19. The monoisotopic (exact) mass is 1170 g/mol. The van der Waals surface area contributed by atoms with E-state index in [4.69, 9.17) is 56.8 Å². The quantitative estimate of drug-likeness (QED) is 0.0566. The van der Waals surface area contributed by atoms with Crippen LogP contribution in [0.1, 0.15) is 81.1 Å². The number of likely N-dealkylation sites (N-methyl/N-ethyl adjacent to an activating group) is 1. The Morgan fingerprint density at radius 3 is 1.36 bits per heavy atom. The van der Waals surface area contributed by atoms with Gasteiger partial charge in [0, 0.05) is 83.8 Å². The molecule has 0 radical (unpaired) electrons. The summed E-state index contributed by atoms with van der Waals surface area (Å²) in [6.45, 7) is 35.7. The first-order chi connectivity index (χ1) is 37.8. The van der Waals surface area contributed by atoms with E-state index in [1.165, 1.54) is 59.1 Å². The molecule has 24 heteroatoms. The van der Waals surface area contributed by atoms with Crippen LogP contribution in [-0.4, -0.2) is 226 Å². The van der Waals surface area contributed by atoms with Crippen molar-refractivity contribution in [3.63, 3.8) is 0 Å². The minimum Gasteiger partial charge on any atom is -0.466 e. The maximum atomic E-state index is 11.5. The normalized spacial score (nSPS) is 25.4. The van der Waals surface area contributed by atoms with Gasteiger partial charge < -0.3 is 71.1 Å². The molecule has 9 aliphatic rings. The Hall–Kier alpha value is -4.18. The summed E-state index contributed by atoms with van der Waals surface area (Å²) >= 11 is 0. The van der Waals surface area contributed by atoms with E-state index in [1.807, 2.05) is 6.92 Å². The van der Waals surface area contributed by atoms with E-state index in [9.17, 15) is 37.1 Å². The number of fused-ring (bicyclic) bond motifs is 1. The molecule has 0 aromatic heterocycles. The molecule has 7 unspecified atom stereocenters. The average Bonchev–Trinajstić information content (AvgIpc) is 4.11. The Kier molecular flexibility index (Phi) is 39.9. The number of epoxide rings is 5. The summed E-state index contributed by atoms with van der Waals surface area (Å²) in [7, 11) is 13.6. The predicted octanol–water partition coefficient (Wildman–Crippen LogP) is 6.87. The molecule has 9 rings (SSSR count). The summed E-state index contributed by atoms with van der Waals surface area (Å²) in [5, 5.41) is 0. The smallest absolute Gasteiger partial charge is 0.422 e. The van der Waals surface area contributed by atoms with Gasteiger partial charge in [0.1, 0.15) is 17.3 Å². The molecule has 2 amide bonds. The summed E-state index contributed by atoms with van der Waals surface area (Å²) in [4.78, 5) is 52.0. The van der Waals surface area contributed by atoms with Crippen molar-refractivity contribution in [1.82, 2.24) is 4.90 Å². The first-order valence-electron chi connectivity index (χ1n) is 26.4. The zero-order valence-corrected chi connectivity index (χ0v) is 51.4. The topological polar surface area (TPSA) is 244 Å². The van der Waals surface area contributed by atoms with E-state index in [1.54, 1.807) is 42.5 Å². The summed E-state index contributed by atoms with van der Waals surface area (Å²) in [5.74, 6) is -1.90. The molecule has 1 aliphatic carbocycles. The van der Waals surface area contributed by atoms with Gasteiger partial charge in [-0.25, -0.2) is 14.4 Å². The van der Waals surface area contributed by atoms with Gasteiger partial charge in [-0.2, -0.15) is 13.2 Å². The fraction of sp³-hybridized carbons (Fsp3) is 0.772. The molecule has 7 saturated heterocycles. The molecule has 81 heavy (non-hydrogen) atoms. The number of halogens is 3. The number of hydrogen-bond acceptors (Lipinski definition) is 20. The van der Waals surface area contributed by atoms with Gasteiger partial charge in [-0.05, 0) is 73.1 Å². The largest absolute Gasteiger partial charge is 0.466 e. The van der Waals surface area contributed by atoms with Crippen molar-refractivity contribution in [2.24, 2.45) is 16.7 Å². The zero-order chi connectivity index (χ0) is 62.6. The summed E-state index contributed by atoms with van der Waals surface area (Å²) in [5.41, 5.74) is -0.0735. The van der Waals surface area contributed by atoms with Crippen molar-refractivity contribution in [1.29, 1.82) is 0 Å². The van der Waals surface area contributed by atoms with Gasteiger partial charge in [-0.1, -0.05) is 33.6 Å². The molecule has 0 N–H and O–H groups in total. The van der Waals surface area contributed by atoms with E-state index in [-0.39, 0.29) is 29.0 Å². The number of hydrogen-bond donors (Lipinski definition) is 0. The first-order valence-corrected chi connectivity index (χ1v) is 26.4. The highest BCUT2D eigenvalue weighted by Crippen LogP contribution is 2.39. The van der Waals surface area contributed by atoms with E-state index in [0.717, 1.165) is 103 Å². The van der Waals surface area contributed by atoms with Crippen LogP contribution in [0, 0.1) is 16.7 Å². The van der Waals surface area contributed by atoms with Crippen LogP contribution in [0.3, 0.4) is 0 Å². The molecule has 21 nitrogen and oxygen atoms in total. The lowest BCUT2D eigenvalue weighted by Crippen LogP contribution is -2.45. The van der Waals surface area contributed by atoms with Gasteiger partial charge in [0.25, 0.3) is 11.8 Å². The summed E-state index contributed by atoms with van der Waals surface area (Å²) in [6, 6.07) is 0. The summed E-state index contributed by atoms with van der Waals surface area (Å²) in [6.07, 6.45) is 6.64. The SMILES string of the molecule is C=C(C(=O)OC)C(F)(F)F.C=C(C)C(=O)OC.C=CC(=O)OC.CC1CO1.CC1OC1(C)C.CCC1(COC)COC1.CN1C(=O)C=CC1=O.COCC1(C)CO1.COCC1(C)COC1.COCC1CCC2OC2C1.COCC1CO1. The van der Waals surface area contributed by atoms with Crippen molar-refractivity contribution < 1.29 is 108 Å². The van der Waals surface area contributed by atoms with Crippen LogP contribution in [0.25, 0.3) is 0 Å². The third-order valence-electron chi connectivity index (χ3n) is 12.4. The third-order valence-corrected chi connectivity index (χ3v) is 12.4. The number of amides is 2. The number of esters is 3. The standard InChI is InChI=1S/C8H14O2.C7H14O2.C6H12O2.C5H5F3O2.C5H5NO2.C5H10O2.C5H8O2.C5H10O.C4H8O2.C4H6O2.C3H6O/c1-9-5-6-2-3-7-8(4-6)10-7;1-3-7(4-8-2)5-9-6-7;1-6(3-7-2)4-8-5-6;1-3(4(9)10-2)5(6,7)8;1-6-4(7)2-3-5(6)8;1-5(3-6-2)4-7-5;1-4(2)5(6)7-3;1-4-5(2,3)6-4;1-5-2-4-3-6-4;1-3-4(5)6-2;1-3-2-4-3/h6-8H,2-5H2,1H3;3-6H2,1-2H3;3-5H2,1-2H3;1H2,2H3;2-3H,1H3;3-4H2,1-2H3;1H2,2-3H3;4H,1-3H3;4H,2-3H2,1H3;3H,1H2,2H3;3H,2H2,1H3. The van der Waals surface area contributed by atoms with Gasteiger partial charge in [0.2, 0.25) is 0 Å². The molecule has 0 aromatic carbocycles. The maximum Gasteiger partial charge on any atom is 0.422 e. The number of imide groups is 1. The van der Waals surface area contributed by atoms with Crippen LogP contribution in [0.15, 0.2) is 49.1 Å². The Bertz CT molecular complexity index is 1850. The van der Waals surface area contributed by atoms with Crippen molar-refractivity contribution in [2.75, 3.05) is 143 Å². The highest BCUT2D eigenvalue weighted by atomic mass is 19.4. The summed E-state index contributed by atoms with van der Waals surface area (Å²) < 4.78 is 107. The number of carbonyl (C=O) groups is 5. The third kappa shape index (κ3) is 39.1. The van der Waals surface area contributed by atoms with Gasteiger partial charge in [0.05, 0.1) is 124 Å². The number of carbonyl (C=O) groups excluding carboxylic acids is 5. The van der Waals surface area contributed by atoms with Crippen LogP contribution in [0.5, 0.6) is 0 Å². The van der Waals surface area contributed by atoms with Gasteiger partial charge in [-0.3, -0.25) is 14.5 Å². The van der Waals surface area contributed by atoms with Crippen LogP contribution in [0.4, 0.5) is 13.2 Å². The van der Waals surface area contributed by atoms with E-state index in [0.29, 0.717) is 46.9 Å². The van der Waals surface area contributed by atoms with Crippen LogP contribution >= 0.6 is 0 Å². The number of rotatable bonds is 14. The minimum absolute atomic E-state index is 0.0781. The molecular weight excluding hydrogens is 1080 g/mol. The maximum absolute atomic E-state index is 11.5. The first kappa shape index (κ1) is 78.9. The molecule has 0 aromatic rings. The van der Waals surface area contributed by atoms with E-state index < -0.39 is 23.7 Å². The number of nitrogens with zero attached hydrogens (tertiary/aromatic N) is 1. The van der Waals surface area contributed by atoms with E-state index in [2.05, 4.69) is 75.5 Å². The van der Waals surface area contributed by atoms with Crippen molar-refractivity contribution in [3.8, 4) is 0 Å². The zero-order valence-electron chi connectivity index (χ0n) is 51.4. The van der Waals surface area contributed by atoms with Crippen LogP contribution in [-0.2, 0) is 95.0 Å². The molecule has 8 fully saturated rings. The predicted molar refractivity (Wildman–Crippen MR) is 295 cm³/mol. The Morgan fingerprint density at radius 1 is 0.728 bits per heavy atom. The van der Waals surface area contributed by atoms with Gasteiger partial charge in [-0.15, -0.1) is 0 Å².